The summed E-state index contributed by atoms with van der Waals surface area (Å²) >= 11 is 0. The first-order valence-corrected chi connectivity index (χ1v) is 2.95. The van der Waals surface area contributed by atoms with E-state index in [2.05, 4.69) is 25.7 Å². The molecule has 0 spiro atoms. The molecule has 0 bridgehead atoms. The Balaban J connectivity index is 2.34. The maximum absolute atomic E-state index is 10.9. The molecule has 0 saturated carbocycles. The minimum absolute atomic E-state index is 0.148. The third-order valence-corrected chi connectivity index (χ3v) is 1.22. The lowest BCUT2D eigenvalue weighted by atomic mass is 10.5. The number of hydrogen-bond acceptors (Lipinski definition) is 5. The van der Waals surface area contributed by atoms with Crippen LogP contribution in [0, 0.1) is 0 Å². The van der Waals surface area contributed by atoms with E-state index in [1.807, 2.05) is 0 Å². The highest BCUT2D eigenvalue weighted by Gasteiger charge is 2.30. The van der Waals surface area contributed by atoms with Gasteiger partial charge in [0, 0.05) is 0 Å². The molecule has 1 aliphatic rings. The number of rotatable bonds is 1. The molecular formula is C4H2N6O2. The van der Waals surface area contributed by atoms with Crippen LogP contribution in [-0.4, -0.2) is 27.2 Å². The average Bonchev–Trinajstić information content (AvgIpc) is 2.64. The van der Waals surface area contributed by atoms with Gasteiger partial charge < -0.3 is 0 Å². The number of amides is 2. The molecule has 0 aliphatic carbocycles. The molecule has 0 saturated heterocycles. The van der Waals surface area contributed by atoms with Crippen LogP contribution in [0.4, 0.5) is 5.82 Å². The molecule has 8 heteroatoms. The average molecular weight is 166 g/mol. The molecule has 0 radical (unpaired) electrons. The number of nitrogens with one attached hydrogen (secondary N) is 1. The zero-order valence-corrected chi connectivity index (χ0v) is 5.63. The largest absolute Gasteiger partial charge is 0.357 e. The van der Waals surface area contributed by atoms with Crippen molar-refractivity contribution in [3.63, 3.8) is 0 Å². The summed E-state index contributed by atoms with van der Waals surface area (Å²) in [5, 5.41) is 16.3. The Labute approximate surface area is 65.2 Å². The van der Waals surface area contributed by atoms with Gasteiger partial charge >= 0.3 is 11.8 Å². The van der Waals surface area contributed by atoms with Crippen LogP contribution < -0.4 is 5.01 Å². The molecule has 0 aromatic carbocycles. The Bertz CT molecular complexity index is 354. The molecule has 1 aliphatic heterocycles. The van der Waals surface area contributed by atoms with Gasteiger partial charge in [-0.15, -0.1) is 5.10 Å². The second kappa shape index (κ2) is 2.19. The normalized spacial score (nSPS) is 16.2. The fourth-order valence-electron chi connectivity index (χ4n) is 0.707. The lowest BCUT2D eigenvalue weighted by Crippen LogP contribution is -2.25. The molecular weight excluding hydrogens is 164 g/mol. The molecule has 0 unspecified atom stereocenters. The van der Waals surface area contributed by atoms with E-state index in [4.69, 9.17) is 0 Å². The maximum atomic E-state index is 10.9. The topological polar surface area (TPSA) is 104 Å². The van der Waals surface area contributed by atoms with Crippen molar-refractivity contribution >= 4 is 17.6 Å². The van der Waals surface area contributed by atoms with Crippen LogP contribution in [0.15, 0.2) is 16.5 Å². The van der Waals surface area contributed by atoms with E-state index in [1.54, 1.807) is 0 Å². The Hall–Kier alpha value is -2.12. The van der Waals surface area contributed by atoms with Gasteiger partial charge in [-0.05, 0) is 0 Å². The van der Waals surface area contributed by atoms with E-state index in [1.165, 1.54) is 6.20 Å². The van der Waals surface area contributed by atoms with Gasteiger partial charge in [-0.2, -0.15) is 15.3 Å². The van der Waals surface area contributed by atoms with Gasteiger partial charge in [0.05, 0.1) is 6.20 Å². The third kappa shape index (κ3) is 0.779. The number of nitrogens with zero attached hydrogens (tertiary/aromatic N) is 5. The lowest BCUT2D eigenvalue weighted by Gasteiger charge is -2.00. The maximum Gasteiger partial charge on any atom is 0.357 e. The zero-order valence-electron chi connectivity index (χ0n) is 5.63. The predicted octanol–water partition coefficient (Wildman–Crippen LogP) is -0.955. The Kier molecular flexibility index (Phi) is 1.20. The van der Waals surface area contributed by atoms with Gasteiger partial charge in [0.1, 0.15) is 0 Å². The van der Waals surface area contributed by atoms with E-state index in [-0.39, 0.29) is 5.82 Å². The smallest absolute Gasteiger partial charge is 0.261 e. The zero-order chi connectivity index (χ0) is 8.55. The molecule has 60 valence electrons. The van der Waals surface area contributed by atoms with Crippen LogP contribution >= 0.6 is 0 Å². The van der Waals surface area contributed by atoms with Crippen molar-refractivity contribution in [2.24, 2.45) is 10.3 Å². The first-order chi connectivity index (χ1) is 5.79. The highest BCUT2D eigenvalue weighted by atomic mass is 16.2. The Morgan fingerprint density at radius 2 is 2.25 bits per heavy atom. The third-order valence-electron chi connectivity index (χ3n) is 1.22. The molecule has 2 heterocycles. The fraction of sp³-hybridized carbons (Fsp3) is 0. The number of carbonyl (C=O) groups is 2. The molecule has 2 rings (SSSR count). The van der Waals surface area contributed by atoms with Gasteiger partial charge in [-0.1, -0.05) is 10.3 Å². The summed E-state index contributed by atoms with van der Waals surface area (Å²) in [5.41, 5.74) is 0. The first kappa shape index (κ1) is 6.58. The Morgan fingerprint density at radius 3 is 2.75 bits per heavy atom. The van der Waals surface area contributed by atoms with Crippen molar-refractivity contribution < 1.29 is 9.59 Å². The summed E-state index contributed by atoms with van der Waals surface area (Å²) in [4.78, 5) is 21.5. The van der Waals surface area contributed by atoms with Crippen molar-refractivity contribution in [3.05, 3.63) is 6.20 Å². The number of hydrogen-bond donors (Lipinski definition) is 1. The van der Waals surface area contributed by atoms with Crippen LogP contribution in [0.3, 0.4) is 0 Å². The minimum atomic E-state index is -0.905. The van der Waals surface area contributed by atoms with Crippen molar-refractivity contribution in [1.82, 2.24) is 15.4 Å². The van der Waals surface area contributed by atoms with E-state index < -0.39 is 11.8 Å². The lowest BCUT2D eigenvalue weighted by molar-refractivity contribution is -0.134. The van der Waals surface area contributed by atoms with Crippen molar-refractivity contribution in [1.29, 1.82) is 0 Å². The van der Waals surface area contributed by atoms with Crippen LogP contribution in [-0.2, 0) is 9.59 Å². The van der Waals surface area contributed by atoms with Gasteiger partial charge in [0.15, 0.2) is 0 Å². The monoisotopic (exact) mass is 166 g/mol. The summed E-state index contributed by atoms with van der Waals surface area (Å²) < 4.78 is 0. The van der Waals surface area contributed by atoms with Crippen molar-refractivity contribution in [3.8, 4) is 0 Å². The summed E-state index contributed by atoms with van der Waals surface area (Å²) in [6, 6.07) is 0. The summed E-state index contributed by atoms with van der Waals surface area (Å²) in [6.45, 7) is 0. The fourth-order valence-corrected chi connectivity index (χ4v) is 0.707. The first-order valence-electron chi connectivity index (χ1n) is 2.95. The molecule has 2 amide bonds. The van der Waals surface area contributed by atoms with Crippen LogP contribution in [0.5, 0.6) is 0 Å². The minimum Gasteiger partial charge on any atom is -0.261 e. The number of aromatic amines is 1. The second-order valence-corrected chi connectivity index (χ2v) is 1.94. The van der Waals surface area contributed by atoms with Crippen molar-refractivity contribution in [2.75, 3.05) is 5.01 Å². The quantitative estimate of drug-likeness (QED) is 0.542. The molecule has 12 heavy (non-hydrogen) atoms. The van der Waals surface area contributed by atoms with Gasteiger partial charge in [0.2, 0.25) is 5.82 Å². The number of H-pyrrole nitrogens is 1. The highest BCUT2D eigenvalue weighted by Crippen LogP contribution is 2.13. The summed E-state index contributed by atoms with van der Waals surface area (Å²) in [7, 11) is 0. The second-order valence-electron chi connectivity index (χ2n) is 1.94. The van der Waals surface area contributed by atoms with Gasteiger partial charge in [0.25, 0.3) is 0 Å². The highest BCUT2D eigenvalue weighted by molar-refractivity contribution is 6.41. The molecule has 1 N–H and O–H groups in total. The van der Waals surface area contributed by atoms with E-state index in [0.29, 0.717) is 0 Å². The molecule has 8 nitrogen and oxygen atoms in total. The van der Waals surface area contributed by atoms with Crippen molar-refractivity contribution in [2.45, 2.75) is 0 Å². The standard InChI is InChI=1S/C4H2N6O2/c11-3-4(12)10(9-7-3)2-1-5-8-6-2/h1H,(H,5,6,8). The van der Waals surface area contributed by atoms with Gasteiger partial charge in [-0.25, -0.2) is 0 Å². The molecule has 1 aromatic heterocycles. The summed E-state index contributed by atoms with van der Waals surface area (Å²) in [6.07, 6.45) is 1.26. The van der Waals surface area contributed by atoms with Crippen LogP contribution in [0.2, 0.25) is 0 Å². The SMILES string of the molecule is O=C1N=NN(c2cn[nH]n2)C1=O. The van der Waals surface area contributed by atoms with E-state index >= 15 is 0 Å². The number of anilines is 1. The summed E-state index contributed by atoms with van der Waals surface area (Å²) in [5.74, 6) is -1.59. The van der Waals surface area contributed by atoms with E-state index in [0.717, 1.165) is 5.01 Å². The number of carbonyl (C=O) groups excluding carboxylic acids is 2. The predicted molar refractivity (Wildman–Crippen MR) is 33.7 cm³/mol. The molecule has 0 atom stereocenters. The molecule has 0 fully saturated rings. The Morgan fingerprint density at radius 1 is 1.42 bits per heavy atom. The number of aromatic nitrogens is 3. The van der Waals surface area contributed by atoms with E-state index in [9.17, 15) is 9.59 Å². The molecule has 1 aromatic rings. The van der Waals surface area contributed by atoms with Gasteiger partial charge in [-0.3, -0.25) is 9.59 Å². The van der Waals surface area contributed by atoms with Crippen LogP contribution in [0.25, 0.3) is 0 Å². The van der Waals surface area contributed by atoms with Crippen LogP contribution in [0.1, 0.15) is 0 Å².